The van der Waals surface area contributed by atoms with E-state index in [1.165, 1.54) is 7.11 Å². The zero-order valence-electron chi connectivity index (χ0n) is 10.2. The van der Waals surface area contributed by atoms with Crippen molar-refractivity contribution in [3.63, 3.8) is 0 Å². The molecule has 4 heteroatoms. The van der Waals surface area contributed by atoms with Crippen molar-refractivity contribution in [1.29, 1.82) is 0 Å². The molecule has 0 saturated heterocycles. The number of carbonyl (C=O) groups excluding carboxylic acids is 2. The molecular weight excluding hydrogens is 220 g/mol. The summed E-state index contributed by atoms with van der Waals surface area (Å²) in [6, 6.07) is 6.84. The van der Waals surface area contributed by atoms with Crippen molar-refractivity contribution >= 4 is 12.3 Å². The maximum Gasteiger partial charge on any atom is 0.320 e. The van der Waals surface area contributed by atoms with Gasteiger partial charge >= 0.3 is 5.97 Å². The lowest BCUT2D eigenvalue weighted by atomic mass is 10.0. The molecule has 0 aliphatic heterocycles. The number of aldehydes is 1. The van der Waals surface area contributed by atoms with Gasteiger partial charge in [-0.1, -0.05) is 12.1 Å². The van der Waals surface area contributed by atoms with Crippen LogP contribution in [0.3, 0.4) is 0 Å². The van der Waals surface area contributed by atoms with Crippen LogP contribution in [0, 0.1) is 0 Å². The maximum absolute atomic E-state index is 11.3. The van der Waals surface area contributed by atoms with Crippen LogP contribution >= 0.6 is 0 Å². The highest BCUT2D eigenvalue weighted by Crippen LogP contribution is 2.20. The van der Waals surface area contributed by atoms with Crippen LogP contribution in [0.4, 0.5) is 0 Å². The normalized spacial score (nSPS) is 12.0. The largest absolute Gasteiger partial charge is 0.491 e. The number of benzene rings is 1. The van der Waals surface area contributed by atoms with Crippen molar-refractivity contribution in [2.45, 2.75) is 25.9 Å². The molecule has 0 N–H and O–H groups in total. The third-order valence-electron chi connectivity index (χ3n) is 2.20. The molecule has 1 atom stereocenters. The lowest BCUT2D eigenvalue weighted by molar-refractivity contribution is -0.143. The molecule has 0 aromatic heterocycles. The van der Waals surface area contributed by atoms with Gasteiger partial charge in [-0.15, -0.1) is 0 Å². The van der Waals surface area contributed by atoms with Gasteiger partial charge in [-0.3, -0.25) is 4.79 Å². The summed E-state index contributed by atoms with van der Waals surface area (Å²) in [6.07, 6.45) is 0.660. The second-order valence-corrected chi connectivity index (χ2v) is 3.87. The number of esters is 1. The van der Waals surface area contributed by atoms with E-state index in [1.807, 2.05) is 13.8 Å². The van der Waals surface area contributed by atoms with Crippen LogP contribution < -0.4 is 4.74 Å². The van der Waals surface area contributed by atoms with Crippen molar-refractivity contribution in [2.24, 2.45) is 0 Å². The summed E-state index contributed by atoms with van der Waals surface area (Å²) in [5.41, 5.74) is 0.600. The molecule has 0 saturated carbocycles. The predicted octanol–water partition coefficient (Wildman–Crippen LogP) is 1.93. The molecule has 1 aromatic carbocycles. The number of hydrogen-bond acceptors (Lipinski definition) is 4. The van der Waals surface area contributed by atoms with Crippen LogP contribution in [0.1, 0.15) is 25.3 Å². The van der Waals surface area contributed by atoms with Gasteiger partial charge in [-0.2, -0.15) is 0 Å². The fourth-order valence-electron chi connectivity index (χ4n) is 1.42. The molecule has 1 aromatic rings. The Morgan fingerprint density at radius 1 is 1.24 bits per heavy atom. The van der Waals surface area contributed by atoms with Crippen LogP contribution in [0.2, 0.25) is 0 Å². The zero-order valence-corrected chi connectivity index (χ0v) is 10.2. The van der Waals surface area contributed by atoms with Gasteiger partial charge in [0.2, 0.25) is 0 Å². The number of hydrogen-bond donors (Lipinski definition) is 0. The molecular formula is C13H16O4. The standard InChI is InChI=1S/C13H16O4/c1-9(2)17-11-6-4-10(5-7-11)12(8-14)13(15)16-3/h4-9,12H,1-3H3. The Labute approximate surface area is 101 Å². The van der Waals surface area contributed by atoms with Crippen LogP contribution in [-0.4, -0.2) is 25.5 Å². The van der Waals surface area contributed by atoms with E-state index >= 15 is 0 Å². The van der Waals surface area contributed by atoms with Crippen molar-refractivity contribution in [1.82, 2.24) is 0 Å². The van der Waals surface area contributed by atoms with Crippen molar-refractivity contribution in [2.75, 3.05) is 7.11 Å². The number of carbonyl (C=O) groups is 2. The van der Waals surface area contributed by atoms with E-state index < -0.39 is 11.9 Å². The first-order valence-electron chi connectivity index (χ1n) is 5.38. The SMILES string of the molecule is COC(=O)C(C=O)c1ccc(OC(C)C)cc1. The van der Waals surface area contributed by atoms with Gasteiger partial charge in [0.05, 0.1) is 13.2 Å². The molecule has 0 spiro atoms. The number of ether oxygens (including phenoxy) is 2. The summed E-state index contributed by atoms with van der Waals surface area (Å²) in [4.78, 5) is 22.2. The van der Waals surface area contributed by atoms with Gasteiger partial charge in [-0.05, 0) is 31.5 Å². The molecule has 4 nitrogen and oxygen atoms in total. The Kier molecular flexibility index (Phi) is 4.69. The monoisotopic (exact) mass is 236 g/mol. The molecule has 0 fully saturated rings. The number of rotatable bonds is 5. The summed E-state index contributed by atoms with van der Waals surface area (Å²) in [5, 5.41) is 0. The summed E-state index contributed by atoms with van der Waals surface area (Å²) < 4.78 is 10.0. The van der Waals surface area contributed by atoms with E-state index in [9.17, 15) is 9.59 Å². The Bertz CT molecular complexity index is 381. The van der Waals surface area contributed by atoms with Crippen LogP contribution in [-0.2, 0) is 14.3 Å². The molecule has 1 rings (SSSR count). The molecule has 0 radical (unpaired) electrons. The van der Waals surface area contributed by atoms with Crippen LogP contribution in [0.5, 0.6) is 5.75 Å². The third kappa shape index (κ3) is 3.59. The van der Waals surface area contributed by atoms with E-state index in [1.54, 1.807) is 24.3 Å². The van der Waals surface area contributed by atoms with E-state index in [2.05, 4.69) is 4.74 Å². The second kappa shape index (κ2) is 6.03. The van der Waals surface area contributed by atoms with Gasteiger partial charge in [0, 0.05) is 0 Å². The Morgan fingerprint density at radius 2 is 1.82 bits per heavy atom. The minimum absolute atomic E-state index is 0.0864. The predicted molar refractivity (Wildman–Crippen MR) is 63.0 cm³/mol. The van der Waals surface area contributed by atoms with Gasteiger partial charge in [-0.25, -0.2) is 0 Å². The smallest absolute Gasteiger partial charge is 0.320 e. The summed E-state index contributed by atoms with van der Waals surface area (Å²) in [5.74, 6) is -0.719. The Balaban J connectivity index is 2.85. The molecule has 0 aliphatic carbocycles. The first-order valence-corrected chi connectivity index (χ1v) is 5.38. The van der Waals surface area contributed by atoms with Gasteiger partial charge in [0.15, 0.2) is 0 Å². The van der Waals surface area contributed by atoms with Crippen LogP contribution in [0.25, 0.3) is 0 Å². The molecule has 92 valence electrons. The van der Waals surface area contributed by atoms with E-state index in [0.29, 0.717) is 17.6 Å². The minimum Gasteiger partial charge on any atom is -0.491 e. The van der Waals surface area contributed by atoms with E-state index in [4.69, 9.17) is 4.74 Å². The fourth-order valence-corrected chi connectivity index (χ4v) is 1.42. The maximum atomic E-state index is 11.3. The summed E-state index contributed by atoms with van der Waals surface area (Å²) in [7, 11) is 1.26. The topological polar surface area (TPSA) is 52.6 Å². The molecule has 0 aliphatic rings. The molecule has 0 amide bonds. The summed E-state index contributed by atoms with van der Waals surface area (Å²) in [6.45, 7) is 3.85. The molecule has 1 unspecified atom stereocenters. The summed E-state index contributed by atoms with van der Waals surface area (Å²) >= 11 is 0. The average molecular weight is 236 g/mol. The highest BCUT2D eigenvalue weighted by atomic mass is 16.5. The highest BCUT2D eigenvalue weighted by Gasteiger charge is 2.20. The Hall–Kier alpha value is -1.84. The minimum atomic E-state index is -0.867. The van der Waals surface area contributed by atoms with Crippen molar-refractivity contribution < 1.29 is 19.1 Å². The molecule has 0 bridgehead atoms. The lowest BCUT2D eigenvalue weighted by Crippen LogP contribution is -2.15. The van der Waals surface area contributed by atoms with Gasteiger partial charge in [0.25, 0.3) is 0 Å². The Morgan fingerprint density at radius 3 is 2.24 bits per heavy atom. The van der Waals surface area contributed by atoms with Gasteiger partial charge in [0.1, 0.15) is 18.0 Å². The molecule has 0 heterocycles. The van der Waals surface area contributed by atoms with E-state index in [0.717, 1.165) is 0 Å². The van der Waals surface area contributed by atoms with E-state index in [-0.39, 0.29) is 6.10 Å². The number of methoxy groups -OCH3 is 1. The molecule has 17 heavy (non-hydrogen) atoms. The quantitative estimate of drug-likeness (QED) is 0.445. The lowest BCUT2D eigenvalue weighted by Gasteiger charge is -2.12. The second-order valence-electron chi connectivity index (χ2n) is 3.87. The van der Waals surface area contributed by atoms with Crippen molar-refractivity contribution in [3.8, 4) is 5.75 Å². The zero-order chi connectivity index (χ0) is 12.8. The first-order chi connectivity index (χ1) is 8.08. The third-order valence-corrected chi connectivity index (χ3v) is 2.20. The average Bonchev–Trinajstić information content (AvgIpc) is 2.31. The highest BCUT2D eigenvalue weighted by molar-refractivity contribution is 5.94. The fraction of sp³-hybridized carbons (Fsp3) is 0.385. The van der Waals surface area contributed by atoms with Gasteiger partial charge < -0.3 is 14.3 Å². The van der Waals surface area contributed by atoms with Crippen LogP contribution in [0.15, 0.2) is 24.3 Å². The van der Waals surface area contributed by atoms with Crippen molar-refractivity contribution in [3.05, 3.63) is 29.8 Å². The first kappa shape index (κ1) is 13.2.